The highest BCUT2D eigenvalue weighted by Gasteiger charge is 2.24. The molecular weight excluding hydrogens is 224 g/mol. The Morgan fingerprint density at radius 2 is 1.78 bits per heavy atom. The van der Waals surface area contributed by atoms with Crippen LogP contribution in [0, 0.1) is 11.8 Å². The van der Waals surface area contributed by atoms with Gasteiger partial charge in [0.15, 0.2) is 0 Å². The molecule has 0 saturated heterocycles. The maximum Gasteiger partial charge on any atom is 0.237 e. The summed E-state index contributed by atoms with van der Waals surface area (Å²) in [6.45, 7) is 6.25. The molecule has 18 heavy (non-hydrogen) atoms. The second-order valence-electron chi connectivity index (χ2n) is 5.96. The van der Waals surface area contributed by atoms with E-state index in [2.05, 4.69) is 19.2 Å². The fourth-order valence-corrected chi connectivity index (χ4v) is 2.76. The average molecular weight is 254 g/mol. The Bertz CT molecular complexity index is 247. The SMILES string of the molecule is CCC(C)[C@H](N)C(=O)N[C@H](C)C1CCCCCC1. The number of hydrogen-bond acceptors (Lipinski definition) is 2. The lowest BCUT2D eigenvalue weighted by Crippen LogP contribution is -2.49. The second-order valence-corrected chi connectivity index (χ2v) is 5.96. The van der Waals surface area contributed by atoms with Crippen molar-refractivity contribution in [2.24, 2.45) is 17.6 Å². The number of nitrogens with one attached hydrogen (secondary N) is 1. The van der Waals surface area contributed by atoms with Gasteiger partial charge in [-0.15, -0.1) is 0 Å². The Balaban J connectivity index is 2.42. The van der Waals surface area contributed by atoms with Gasteiger partial charge in [-0.25, -0.2) is 0 Å². The van der Waals surface area contributed by atoms with Gasteiger partial charge < -0.3 is 11.1 Å². The molecule has 3 atom stereocenters. The number of carbonyl (C=O) groups is 1. The molecule has 1 aliphatic rings. The molecule has 0 spiro atoms. The van der Waals surface area contributed by atoms with Gasteiger partial charge in [-0.05, 0) is 31.6 Å². The minimum Gasteiger partial charge on any atom is -0.352 e. The summed E-state index contributed by atoms with van der Waals surface area (Å²) in [7, 11) is 0. The standard InChI is InChI=1S/C15H30N2O/c1-4-11(2)14(16)15(18)17-12(3)13-9-7-5-6-8-10-13/h11-14H,4-10,16H2,1-3H3,(H,17,18)/t11?,12-,14+/m1/s1. The first kappa shape index (κ1) is 15.5. The maximum atomic E-state index is 12.0. The fourth-order valence-electron chi connectivity index (χ4n) is 2.76. The minimum absolute atomic E-state index is 0.0288. The lowest BCUT2D eigenvalue weighted by Gasteiger charge is -2.26. The molecule has 1 aliphatic carbocycles. The number of rotatable bonds is 5. The molecule has 0 radical (unpaired) electrons. The number of hydrogen-bond donors (Lipinski definition) is 2. The van der Waals surface area contributed by atoms with Crippen LogP contribution in [0.1, 0.15) is 65.7 Å². The minimum atomic E-state index is -0.358. The van der Waals surface area contributed by atoms with E-state index in [4.69, 9.17) is 5.73 Å². The van der Waals surface area contributed by atoms with E-state index < -0.39 is 0 Å². The van der Waals surface area contributed by atoms with Crippen LogP contribution in [0.2, 0.25) is 0 Å². The third kappa shape index (κ3) is 4.60. The molecule has 0 aromatic heterocycles. The summed E-state index contributed by atoms with van der Waals surface area (Å²) in [5.41, 5.74) is 5.97. The van der Waals surface area contributed by atoms with Crippen molar-refractivity contribution in [2.45, 2.75) is 77.8 Å². The van der Waals surface area contributed by atoms with Crippen molar-refractivity contribution in [3.8, 4) is 0 Å². The summed E-state index contributed by atoms with van der Waals surface area (Å²) >= 11 is 0. The first-order valence-electron chi connectivity index (χ1n) is 7.62. The average Bonchev–Trinajstić information content (AvgIpc) is 2.65. The lowest BCUT2D eigenvalue weighted by molar-refractivity contribution is -0.124. The summed E-state index contributed by atoms with van der Waals surface area (Å²) in [5.74, 6) is 0.924. The van der Waals surface area contributed by atoms with Crippen LogP contribution < -0.4 is 11.1 Å². The molecule has 0 aromatic carbocycles. The van der Waals surface area contributed by atoms with Gasteiger partial charge in [0.1, 0.15) is 0 Å². The van der Waals surface area contributed by atoms with Crippen molar-refractivity contribution in [1.82, 2.24) is 5.32 Å². The first-order chi connectivity index (χ1) is 8.56. The van der Waals surface area contributed by atoms with Gasteiger partial charge in [-0.2, -0.15) is 0 Å². The van der Waals surface area contributed by atoms with E-state index >= 15 is 0 Å². The van der Waals surface area contributed by atoms with Gasteiger partial charge in [0.25, 0.3) is 0 Å². The number of amides is 1. The number of nitrogens with two attached hydrogens (primary N) is 1. The van der Waals surface area contributed by atoms with Gasteiger partial charge in [0.05, 0.1) is 6.04 Å². The molecule has 1 fully saturated rings. The van der Waals surface area contributed by atoms with Crippen LogP contribution in [0.15, 0.2) is 0 Å². The third-order valence-corrected chi connectivity index (χ3v) is 4.54. The first-order valence-corrected chi connectivity index (χ1v) is 7.62. The van der Waals surface area contributed by atoms with Crippen LogP contribution in [0.25, 0.3) is 0 Å². The Kier molecular flexibility index (Phi) is 6.69. The summed E-state index contributed by atoms with van der Waals surface area (Å²) in [6.07, 6.45) is 8.77. The molecule has 0 aromatic rings. The van der Waals surface area contributed by atoms with E-state index in [1.165, 1.54) is 38.5 Å². The van der Waals surface area contributed by atoms with Crippen molar-refractivity contribution in [2.75, 3.05) is 0 Å². The molecule has 1 rings (SSSR count). The third-order valence-electron chi connectivity index (χ3n) is 4.54. The van der Waals surface area contributed by atoms with Crippen LogP contribution in [0.3, 0.4) is 0 Å². The molecular formula is C15H30N2O. The topological polar surface area (TPSA) is 55.1 Å². The van der Waals surface area contributed by atoms with E-state index in [-0.39, 0.29) is 23.9 Å². The molecule has 3 N–H and O–H groups in total. The van der Waals surface area contributed by atoms with Gasteiger partial charge >= 0.3 is 0 Å². The predicted molar refractivity (Wildman–Crippen MR) is 76.2 cm³/mol. The van der Waals surface area contributed by atoms with Crippen LogP contribution >= 0.6 is 0 Å². The Morgan fingerprint density at radius 1 is 1.22 bits per heavy atom. The summed E-state index contributed by atoms with van der Waals surface area (Å²) in [5, 5.41) is 3.13. The highest BCUT2D eigenvalue weighted by molar-refractivity contribution is 5.82. The van der Waals surface area contributed by atoms with Crippen molar-refractivity contribution in [1.29, 1.82) is 0 Å². The highest BCUT2D eigenvalue weighted by Crippen LogP contribution is 2.25. The molecule has 1 amide bonds. The van der Waals surface area contributed by atoms with Crippen LogP contribution in [-0.2, 0) is 4.79 Å². The molecule has 0 bridgehead atoms. The van der Waals surface area contributed by atoms with E-state index in [1.807, 2.05) is 6.92 Å². The molecule has 3 heteroatoms. The van der Waals surface area contributed by atoms with Crippen LogP contribution in [-0.4, -0.2) is 18.0 Å². The van der Waals surface area contributed by atoms with Crippen LogP contribution in [0.4, 0.5) is 0 Å². The van der Waals surface area contributed by atoms with E-state index in [9.17, 15) is 4.79 Å². The van der Waals surface area contributed by atoms with E-state index in [0.29, 0.717) is 5.92 Å². The highest BCUT2D eigenvalue weighted by atomic mass is 16.2. The van der Waals surface area contributed by atoms with E-state index in [1.54, 1.807) is 0 Å². The van der Waals surface area contributed by atoms with Gasteiger partial charge in [0, 0.05) is 6.04 Å². The van der Waals surface area contributed by atoms with Gasteiger partial charge in [-0.3, -0.25) is 4.79 Å². The summed E-state index contributed by atoms with van der Waals surface area (Å²) in [6, 6.07) is -0.0889. The molecule has 106 valence electrons. The molecule has 0 heterocycles. The molecule has 1 unspecified atom stereocenters. The predicted octanol–water partition coefficient (Wildman–Crippen LogP) is 2.83. The van der Waals surface area contributed by atoms with Crippen LogP contribution in [0.5, 0.6) is 0 Å². The lowest BCUT2D eigenvalue weighted by atomic mass is 9.92. The van der Waals surface area contributed by atoms with Crippen molar-refractivity contribution >= 4 is 5.91 Å². The van der Waals surface area contributed by atoms with Gasteiger partial charge in [0.2, 0.25) is 5.91 Å². The zero-order chi connectivity index (χ0) is 13.5. The quantitative estimate of drug-likeness (QED) is 0.741. The van der Waals surface area contributed by atoms with Crippen molar-refractivity contribution in [3.05, 3.63) is 0 Å². The molecule has 1 saturated carbocycles. The Hall–Kier alpha value is -0.570. The maximum absolute atomic E-state index is 12.0. The normalized spacial score (nSPS) is 22.9. The summed E-state index contributed by atoms with van der Waals surface area (Å²) in [4.78, 5) is 12.0. The van der Waals surface area contributed by atoms with E-state index in [0.717, 1.165) is 6.42 Å². The summed E-state index contributed by atoms with van der Waals surface area (Å²) < 4.78 is 0. The van der Waals surface area contributed by atoms with Crippen molar-refractivity contribution in [3.63, 3.8) is 0 Å². The fraction of sp³-hybridized carbons (Fsp3) is 0.933. The Morgan fingerprint density at radius 3 is 2.28 bits per heavy atom. The van der Waals surface area contributed by atoms with Crippen molar-refractivity contribution < 1.29 is 4.79 Å². The monoisotopic (exact) mass is 254 g/mol. The second kappa shape index (κ2) is 7.78. The zero-order valence-electron chi connectivity index (χ0n) is 12.2. The smallest absolute Gasteiger partial charge is 0.237 e. The molecule has 3 nitrogen and oxygen atoms in total. The number of carbonyl (C=O) groups excluding carboxylic acids is 1. The Labute approximate surface area is 112 Å². The van der Waals surface area contributed by atoms with Gasteiger partial charge in [-0.1, -0.05) is 46.0 Å². The zero-order valence-corrected chi connectivity index (χ0v) is 12.2. The largest absolute Gasteiger partial charge is 0.352 e. The molecule has 0 aliphatic heterocycles.